The molecule has 0 amide bonds. The van der Waals surface area contributed by atoms with Gasteiger partial charge >= 0.3 is 0 Å². The Bertz CT molecular complexity index is 397. The van der Waals surface area contributed by atoms with Crippen molar-refractivity contribution < 1.29 is 0 Å². The van der Waals surface area contributed by atoms with Crippen LogP contribution in [0.4, 0.5) is 5.69 Å². The summed E-state index contributed by atoms with van der Waals surface area (Å²) in [6.45, 7) is 4.23. The van der Waals surface area contributed by atoms with Gasteiger partial charge < -0.3 is 5.32 Å². The number of rotatable bonds is 2. The quantitative estimate of drug-likeness (QED) is 0.770. The van der Waals surface area contributed by atoms with Crippen molar-refractivity contribution in [3.05, 3.63) is 29.3 Å². The largest absolute Gasteiger partial charge is 0.379 e. The molecule has 1 aromatic rings. The number of hydrogen-bond donors (Lipinski definition) is 1. The molecule has 1 N–H and O–H groups in total. The number of nitriles is 1. The second-order valence-electron chi connectivity index (χ2n) is 4.35. The van der Waals surface area contributed by atoms with Crippen LogP contribution < -0.4 is 5.32 Å². The van der Waals surface area contributed by atoms with Crippen LogP contribution in [0.3, 0.4) is 0 Å². The third-order valence-corrected chi connectivity index (χ3v) is 2.73. The zero-order valence-electron chi connectivity index (χ0n) is 8.59. The number of hydrogen-bond acceptors (Lipinski definition) is 2. The molecule has 0 aliphatic heterocycles. The molecule has 0 saturated heterocycles. The van der Waals surface area contributed by atoms with E-state index in [0.29, 0.717) is 0 Å². The Morgan fingerprint density at radius 1 is 1.43 bits per heavy atom. The van der Waals surface area contributed by atoms with Crippen molar-refractivity contribution in [2.45, 2.75) is 32.2 Å². The molecule has 2 nitrogen and oxygen atoms in total. The van der Waals surface area contributed by atoms with Gasteiger partial charge in [-0.2, -0.15) is 5.26 Å². The molecule has 0 radical (unpaired) electrons. The maximum atomic E-state index is 8.94. The maximum absolute atomic E-state index is 8.94. The Morgan fingerprint density at radius 3 is 2.71 bits per heavy atom. The van der Waals surface area contributed by atoms with Crippen LogP contribution in [-0.2, 0) is 0 Å². The van der Waals surface area contributed by atoms with Crippen LogP contribution in [0.15, 0.2) is 18.2 Å². The molecule has 1 aliphatic rings. The number of aryl methyl sites for hydroxylation is 1. The van der Waals surface area contributed by atoms with Crippen LogP contribution in [0, 0.1) is 18.3 Å². The Hall–Kier alpha value is -1.49. The van der Waals surface area contributed by atoms with Crippen LogP contribution >= 0.6 is 0 Å². The lowest BCUT2D eigenvalue weighted by Crippen LogP contribution is -2.16. The van der Waals surface area contributed by atoms with E-state index >= 15 is 0 Å². The number of anilines is 1. The summed E-state index contributed by atoms with van der Waals surface area (Å²) in [6.07, 6.45) is 2.40. The van der Waals surface area contributed by atoms with Gasteiger partial charge in [0.05, 0.1) is 11.3 Å². The Labute approximate surface area is 84.6 Å². The van der Waals surface area contributed by atoms with Crippen molar-refractivity contribution in [3.63, 3.8) is 0 Å². The van der Waals surface area contributed by atoms with Gasteiger partial charge in [-0.05, 0) is 44.4 Å². The van der Waals surface area contributed by atoms with Gasteiger partial charge in [-0.25, -0.2) is 0 Å². The first-order valence-corrected chi connectivity index (χ1v) is 4.92. The van der Waals surface area contributed by atoms with Crippen LogP contribution in [0.5, 0.6) is 0 Å². The molecule has 72 valence electrons. The molecule has 0 atom stereocenters. The summed E-state index contributed by atoms with van der Waals surface area (Å²) in [4.78, 5) is 0. The highest BCUT2D eigenvalue weighted by molar-refractivity contribution is 5.60. The smallest absolute Gasteiger partial charge is 0.101 e. The highest BCUT2D eigenvalue weighted by Crippen LogP contribution is 2.38. The lowest BCUT2D eigenvalue weighted by Gasteiger charge is -2.14. The van der Waals surface area contributed by atoms with E-state index in [-0.39, 0.29) is 5.54 Å². The van der Waals surface area contributed by atoms with Gasteiger partial charge in [0.1, 0.15) is 6.07 Å². The van der Waals surface area contributed by atoms with Gasteiger partial charge in [0.2, 0.25) is 0 Å². The molecular formula is C12H14N2. The minimum absolute atomic E-state index is 0.236. The standard InChI is InChI=1S/C12H14N2/c1-9-3-4-10(8-13)11(7-9)14-12(2)5-6-12/h3-4,7,14H,5-6H2,1-2H3. The molecule has 0 spiro atoms. The lowest BCUT2D eigenvalue weighted by atomic mass is 10.1. The second kappa shape index (κ2) is 3.02. The molecule has 2 rings (SSSR count). The molecule has 0 bridgehead atoms. The van der Waals surface area contributed by atoms with E-state index in [1.165, 1.54) is 18.4 Å². The van der Waals surface area contributed by atoms with Gasteiger partial charge in [-0.15, -0.1) is 0 Å². The minimum atomic E-state index is 0.236. The minimum Gasteiger partial charge on any atom is -0.379 e. The zero-order valence-corrected chi connectivity index (χ0v) is 8.59. The molecular weight excluding hydrogens is 172 g/mol. The topological polar surface area (TPSA) is 35.8 Å². The van der Waals surface area contributed by atoms with Crippen LogP contribution in [0.1, 0.15) is 30.9 Å². The SMILES string of the molecule is Cc1ccc(C#N)c(NC2(C)CC2)c1. The first-order chi connectivity index (χ1) is 6.63. The fourth-order valence-corrected chi connectivity index (χ4v) is 1.50. The van der Waals surface area contributed by atoms with Crippen molar-refractivity contribution in [2.75, 3.05) is 5.32 Å². The molecule has 14 heavy (non-hydrogen) atoms. The fourth-order valence-electron chi connectivity index (χ4n) is 1.50. The average molecular weight is 186 g/mol. The molecule has 1 saturated carbocycles. The number of benzene rings is 1. The average Bonchev–Trinajstić information content (AvgIpc) is 2.84. The number of nitrogens with one attached hydrogen (secondary N) is 1. The molecule has 1 aromatic carbocycles. The molecule has 2 heteroatoms. The van der Waals surface area contributed by atoms with E-state index in [1.54, 1.807) is 0 Å². The molecule has 0 heterocycles. The van der Waals surface area contributed by atoms with Gasteiger partial charge in [-0.3, -0.25) is 0 Å². The van der Waals surface area contributed by atoms with E-state index in [4.69, 9.17) is 5.26 Å². The van der Waals surface area contributed by atoms with Crippen molar-refractivity contribution >= 4 is 5.69 Å². The predicted octanol–water partition coefficient (Wildman–Crippen LogP) is 2.83. The summed E-state index contributed by atoms with van der Waals surface area (Å²) in [7, 11) is 0. The van der Waals surface area contributed by atoms with Crippen LogP contribution in [0.2, 0.25) is 0 Å². The summed E-state index contributed by atoms with van der Waals surface area (Å²) >= 11 is 0. The molecule has 0 aromatic heterocycles. The van der Waals surface area contributed by atoms with Gasteiger partial charge in [-0.1, -0.05) is 6.07 Å². The zero-order chi connectivity index (χ0) is 10.2. The first-order valence-electron chi connectivity index (χ1n) is 4.92. The highest BCUT2D eigenvalue weighted by atomic mass is 15.0. The third kappa shape index (κ3) is 1.72. The summed E-state index contributed by atoms with van der Waals surface area (Å²) < 4.78 is 0. The van der Waals surface area contributed by atoms with E-state index in [0.717, 1.165) is 11.3 Å². The molecule has 0 unspecified atom stereocenters. The van der Waals surface area contributed by atoms with Crippen LogP contribution in [-0.4, -0.2) is 5.54 Å². The number of nitrogens with zero attached hydrogens (tertiary/aromatic N) is 1. The van der Waals surface area contributed by atoms with Crippen molar-refractivity contribution in [2.24, 2.45) is 0 Å². The van der Waals surface area contributed by atoms with Crippen molar-refractivity contribution in [3.8, 4) is 6.07 Å². The van der Waals surface area contributed by atoms with E-state index in [2.05, 4.69) is 18.3 Å². The van der Waals surface area contributed by atoms with E-state index in [9.17, 15) is 0 Å². The van der Waals surface area contributed by atoms with Gasteiger partial charge in [0, 0.05) is 5.54 Å². The monoisotopic (exact) mass is 186 g/mol. The van der Waals surface area contributed by atoms with Crippen molar-refractivity contribution in [1.29, 1.82) is 5.26 Å². The Morgan fingerprint density at radius 2 is 2.14 bits per heavy atom. The normalized spacial score (nSPS) is 17.2. The highest BCUT2D eigenvalue weighted by Gasteiger charge is 2.37. The van der Waals surface area contributed by atoms with Gasteiger partial charge in [0.25, 0.3) is 0 Å². The van der Waals surface area contributed by atoms with Gasteiger partial charge in [0.15, 0.2) is 0 Å². The summed E-state index contributed by atoms with van der Waals surface area (Å²) in [5.74, 6) is 0. The maximum Gasteiger partial charge on any atom is 0.101 e. The van der Waals surface area contributed by atoms with E-state index < -0.39 is 0 Å². The molecule has 1 fully saturated rings. The van der Waals surface area contributed by atoms with E-state index in [1.807, 2.05) is 25.1 Å². The third-order valence-electron chi connectivity index (χ3n) is 2.73. The van der Waals surface area contributed by atoms with Crippen LogP contribution in [0.25, 0.3) is 0 Å². The summed E-state index contributed by atoms with van der Waals surface area (Å²) in [5, 5.41) is 12.4. The summed E-state index contributed by atoms with van der Waals surface area (Å²) in [6, 6.07) is 8.10. The Kier molecular flexibility index (Phi) is 1.96. The predicted molar refractivity (Wildman–Crippen MR) is 57.2 cm³/mol. The first kappa shape index (κ1) is 9.08. The summed E-state index contributed by atoms with van der Waals surface area (Å²) in [5.41, 5.74) is 3.14. The second-order valence-corrected chi connectivity index (χ2v) is 4.35. The lowest BCUT2D eigenvalue weighted by molar-refractivity contribution is 0.828. The Balaban J connectivity index is 2.31. The molecule has 1 aliphatic carbocycles. The van der Waals surface area contributed by atoms with Crippen molar-refractivity contribution in [1.82, 2.24) is 0 Å². The fraction of sp³-hybridized carbons (Fsp3) is 0.417.